The molecule has 0 spiro atoms. The molecule has 122 valence electrons. The number of hydrogen-bond acceptors (Lipinski definition) is 3. The highest BCUT2D eigenvalue weighted by Crippen LogP contribution is 2.43. The Morgan fingerprint density at radius 2 is 1.59 bits per heavy atom. The van der Waals surface area contributed by atoms with Crippen LogP contribution in [-0.4, -0.2) is 16.6 Å². The molecule has 0 aliphatic heterocycles. The largest absolute Gasteiger partial charge is 0.411 e. The average Bonchev–Trinajstić information content (AvgIpc) is 2.41. The van der Waals surface area contributed by atoms with Gasteiger partial charge in [-0.1, -0.05) is 71.0 Å². The van der Waals surface area contributed by atoms with E-state index in [1.165, 1.54) is 5.56 Å². The predicted octanol–water partition coefficient (Wildman–Crippen LogP) is 5.47. The number of benzene rings is 1. The molecule has 0 aliphatic rings. The van der Waals surface area contributed by atoms with Crippen LogP contribution in [0.1, 0.15) is 71.9 Å². The fourth-order valence-electron chi connectivity index (χ4n) is 2.68. The van der Waals surface area contributed by atoms with E-state index in [-0.39, 0.29) is 16.5 Å². The molecular formula is C19H30N2O. The Kier molecular flexibility index (Phi) is 5.55. The maximum absolute atomic E-state index is 8.79. The molecule has 0 heterocycles. The van der Waals surface area contributed by atoms with Crippen molar-refractivity contribution < 1.29 is 5.21 Å². The van der Waals surface area contributed by atoms with Crippen LogP contribution in [-0.2, 0) is 0 Å². The Labute approximate surface area is 135 Å². The summed E-state index contributed by atoms with van der Waals surface area (Å²) < 4.78 is 0. The van der Waals surface area contributed by atoms with E-state index in [1.54, 1.807) is 6.92 Å². The van der Waals surface area contributed by atoms with Gasteiger partial charge in [0.15, 0.2) is 0 Å². The molecule has 3 nitrogen and oxygen atoms in total. The van der Waals surface area contributed by atoms with Gasteiger partial charge in [-0.25, -0.2) is 0 Å². The van der Waals surface area contributed by atoms with E-state index >= 15 is 0 Å². The molecule has 3 heteroatoms. The molecule has 0 saturated carbocycles. The number of nitrogens with one attached hydrogen (secondary N) is 1. The van der Waals surface area contributed by atoms with Crippen molar-refractivity contribution in [3.63, 3.8) is 0 Å². The minimum Gasteiger partial charge on any atom is -0.411 e. The van der Waals surface area contributed by atoms with Crippen LogP contribution in [0.4, 0.5) is 0 Å². The predicted molar refractivity (Wildman–Crippen MR) is 94.4 cm³/mol. The van der Waals surface area contributed by atoms with E-state index < -0.39 is 0 Å². The van der Waals surface area contributed by atoms with Gasteiger partial charge in [0.2, 0.25) is 0 Å². The summed E-state index contributed by atoms with van der Waals surface area (Å²) in [5, 5.41) is 19.9. The summed E-state index contributed by atoms with van der Waals surface area (Å²) in [5.74, 6) is 0.461. The first-order valence-corrected chi connectivity index (χ1v) is 7.83. The summed E-state index contributed by atoms with van der Waals surface area (Å²) >= 11 is 0. The molecule has 2 N–H and O–H groups in total. The van der Waals surface area contributed by atoms with Gasteiger partial charge < -0.3 is 5.21 Å². The Balaban J connectivity index is 3.11. The van der Waals surface area contributed by atoms with Gasteiger partial charge in [-0.15, -0.1) is 0 Å². The molecular weight excluding hydrogens is 272 g/mol. The van der Waals surface area contributed by atoms with Crippen LogP contribution < -0.4 is 0 Å². The third kappa shape index (κ3) is 4.97. The quantitative estimate of drug-likeness (QED) is 0.432. The van der Waals surface area contributed by atoms with Crippen LogP contribution in [0.2, 0.25) is 0 Å². The van der Waals surface area contributed by atoms with Gasteiger partial charge in [0.25, 0.3) is 0 Å². The van der Waals surface area contributed by atoms with Gasteiger partial charge in [-0.2, -0.15) is 0 Å². The topological polar surface area (TPSA) is 56.4 Å². The van der Waals surface area contributed by atoms with Crippen molar-refractivity contribution in [3.8, 4) is 0 Å². The van der Waals surface area contributed by atoms with E-state index in [4.69, 9.17) is 10.6 Å². The molecule has 22 heavy (non-hydrogen) atoms. The van der Waals surface area contributed by atoms with Crippen molar-refractivity contribution in [1.29, 1.82) is 5.41 Å². The fourth-order valence-corrected chi connectivity index (χ4v) is 2.68. The zero-order valence-electron chi connectivity index (χ0n) is 15.0. The Morgan fingerprint density at radius 1 is 1.09 bits per heavy atom. The second-order valence-electron chi connectivity index (χ2n) is 8.37. The molecule has 0 aliphatic carbocycles. The second-order valence-corrected chi connectivity index (χ2v) is 8.37. The number of rotatable bonds is 4. The molecule has 0 amide bonds. The normalized spacial score (nSPS) is 14.8. The third-order valence-corrected chi connectivity index (χ3v) is 3.98. The van der Waals surface area contributed by atoms with E-state index in [0.29, 0.717) is 11.6 Å². The molecule has 1 aromatic rings. The van der Waals surface area contributed by atoms with Crippen molar-refractivity contribution in [2.75, 3.05) is 0 Å². The van der Waals surface area contributed by atoms with E-state index in [0.717, 1.165) is 12.0 Å². The lowest BCUT2D eigenvalue weighted by molar-refractivity contribution is 0.229. The summed E-state index contributed by atoms with van der Waals surface area (Å²) in [5.41, 5.74) is 3.13. The van der Waals surface area contributed by atoms with Crippen LogP contribution in [0.5, 0.6) is 0 Å². The first kappa shape index (κ1) is 18.4. The lowest BCUT2D eigenvalue weighted by Gasteiger charge is -2.36. The molecule has 0 saturated heterocycles. The van der Waals surface area contributed by atoms with Crippen LogP contribution in [0.15, 0.2) is 29.4 Å². The Morgan fingerprint density at radius 3 is 1.95 bits per heavy atom. The monoisotopic (exact) mass is 302 g/mol. The van der Waals surface area contributed by atoms with Crippen LogP contribution >= 0.6 is 0 Å². The van der Waals surface area contributed by atoms with Crippen LogP contribution in [0, 0.1) is 16.2 Å². The molecule has 1 rings (SSSR count). The van der Waals surface area contributed by atoms with Gasteiger partial charge >= 0.3 is 0 Å². The smallest absolute Gasteiger partial charge is 0.102 e. The zero-order valence-corrected chi connectivity index (χ0v) is 15.0. The molecule has 0 bridgehead atoms. The van der Waals surface area contributed by atoms with Gasteiger partial charge in [0, 0.05) is 5.56 Å². The molecule has 0 aromatic heterocycles. The molecule has 1 aromatic carbocycles. The van der Waals surface area contributed by atoms with Crippen molar-refractivity contribution in [1.82, 2.24) is 0 Å². The minimum absolute atomic E-state index is 0.185. The number of hydrogen-bond donors (Lipinski definition) is 2. The minimum atomic E-state index is 0.185. The summed E-state index contributed by atoms with van der Waals surface area (Å²) in [4.78, 5) is 0. The summed E-state index contributed by atoms with van der Waals surface area (Å²) in [6.07, 6.45) is 1.12. The van der Waals surface area contributed by atoms with E-state index in [9.17, 15) is 0 Å². The Hall–Kier alpha value is -1.64. The second kappa shape index (κ2) is 6.64. The van der Waals surface area contributed by atoms with Gasteiger partial charge in [-0.3, -0.25) is 5.41 Å². The summed E-state index contributed by atoms with van der Waals surface area (Å²) in [6.45, 7) is 15.3. The van der Waals surface area contributed by atoms with Gasteiger partial charge in [0.1, 0.15) is 5.71 Å². The van der Waals surface area contributed by atoms with Crippen molar-refractivity contribution >= 4 is 11.4 Å². The number of oxime groups is 1. The van der Waals surface area contributed by atoms with Crippen molar-refractivity contribution in [3.05, 3.63) is 35.4 Å². The summed E-state index contributed by atoms with van der Waals surface area (Å²) in [7, 11) is 0. The number of nitrogens with zero attached hydrogens (tertiary/aromatic N) is 1. The third-order valence-electron chi connectivity index (χ3n) is 3.98. The highest BCUT2D eigenvalue weighted by Gasteiger charge is 2.30. The van der Waals surface area contributed by atoms with Gasteiger partial charge in [-0.05, 0) is 35.7 Å². The molecule has 1 unspecified atom stereocenters. The molecule has 0 fully saturated rings. The maximum atomic E-state index is 8.79. The van der Waals surface area contributed by atoms with Crippen LogP contribution in [0.25, 0.3) is 0 Å². The standard InChI is InChI=1S/C19H30N2O/c1-13(21-22)17(20)15-10-8-14(9-11-15)16(19(5,6)7)12-18(2,3)4/h8-11,16,20,22H,12H2,1-7H3/b20-17?,21-13+. The fraction of sp³-hybridized carbons (Fsp3) is 0.579. The molecule has 1 atom stereocenters. The Bertz CT molecular complexity index is 542. The highest BCUT2D eigenvalue weighted by molar-refractivity contribution is 6.46. The molecule has 0 radical (unpaired) electrons. The van der Waals surface area contributed by atoms with Gasteiger partial charge in [0.05, 0.1) is 5.71 Å². The van der Waals surface area contributed by atoms with Crippen molar-refractivity contribution in [2.24, 2.45) is 16.0 Å². The van der Waals surface area contributed by atoms with E-state index in [2.05, 4.69) is 58.8 Å². The lowest BCUT2D eigenvalue weighted by Crippen LogP contribution is -2.24. The van der Waals surface area contributed by atoms with Crippen molar-refractivity contribution in [2.45, 2.75) is 60.8 Å². The maximum Gasteiger partial charge on any atom is 0.102 e. The first-order chi connectivity index (χ1) is 9.95. The zero-order chi connectivity index (χ0) is 17.1. The van der Waals surface area contributed by atoms with E-state index in [1.807, 2.05) is 12.1 Å². The van der Waals surface area contributed by atoms with Crippen LogP contribution in [0.3, 0.4) is 0 Å². The highest BCUT2D eigenvalue weighted by atomic mass is 16.4. The first-order valence-electron chi connectivity index (χ1n) is 7.83. The average molecular weight is 302 g/mol. The lowest BCUT2D eigenvalue weighted by atomic mass is 9.69. The SMILES string of the molecule is C/C(=N\O)C(=N)c1ccc(C(CC(C)(C)C)C(C)(C)C)cc1. The summed E-state index contributed by atoms with van der Waals surface area (Å²) in [6, 6.07) is 8.12.